The maximum absolute atomic E-state index is 5.28. The minimum atomic E-state index is 0.353. The molecule has 0 amide bonds. The van der Waals surface area contributed by atoms with Crippen molar-refractivity contribution in [3.05, 3.63) is 48.5 Å². The number of hydrazone groups is 2. The van der Waals surface area contributed by atoms with Crippen LogP contribution in [-0.2, 0) is 0 Å². The summed E-state index contributed by atoms with van der Waals surface area (Å²) in [7, 11) is 5.71. The molecule has 0 spiro atoms. The molecule has 11 heteroatoms. The summed E-state index contributed by atoms with van der Waals surface area (Å²) in [6, 6.07) is 15.3. The Morgan fingerprint density at radius 3 is 1.69 bits per heavy atom. The first-order valence-corrected chi connectivity index (χ1v) is 10.5. The van der Waals surface area contributed by atoms with Gasteiger partial charge in [0, 0.05) is 32.5 Å². The Balaban J connectivity index is 1.88. The Morgan fingerprint density at radius 1 is 0.750 bits per heavy atom. The zero-order valence-corrected chi connectivity index (χ0v) is 20.3. The van der Waals surface area contributed by atoms with Gasteiger partial charge in [0.05, 0.1) is 22.8 Å². The summed E-state index contributed by atoms with van der Waals surface area (Å²) >= 11 is 10.3. The van der Waals surface area contributed by atoms with Gasteiger partial charge in [-0.2, -0.15) is 20.4 Å². The Kier molecular flexibility index (Phi) is 9.64. The van der Waals surface area contributed by atoms with Crippen molar-refractivity contribution >= 4 is 68.8 Å². The van der Waals surface area contributed by atoms with Crippen LogP contribution in [0.4, 0.5) is 22.7 Å². The van der Waals surface area contributed by atoms with Crippen molar-refractivity contribution in [1.29, 1.82) is 0 Å². The van der Waals surface area contributed by atoms with Crippen molar-refractivity contribution in [3.63, 3.8) is 0 Å². The van der Waals surface area contributed by atoms with Crippen molar-refractivity contribution in [2.75, 3.05) is 31.4 Å². The first kappa shape index (κ1) is 24.8. The number of benzene rings is 2. The fraction of sp³-hybridized carbons (Fsp3) is 0.238. The van der Waals surface area contributed by atoms with Gasteiger partial charge in [0.25, 0.3) is 0 Å². The summed E-state index contributed by atoms with van der Waals surface area (Å²) in [5.41, 5.74) is 10.3. The van der Waals surface area contributed by atoms with E-state index >= 15 is 0 Å². The Labute approximate surface area is 199 Å². The number of anilines is 2. The molecule has 0 aliphatic carbocycles. The van der Waals surface area contributed by atoms with E-state index in [4.69, 9.17) is 24.4 Å². The smallest absolute Gasteiger partial charge is 0.191 e. The highest BCUT2D eigenvalue weighted by molar-refractivity contribution is 7.80. The second-order valence-electron chi connectivity index (χ2n) is 6.81. The quantitative estimate of drug-likeness (QED) is 0.208. The zero-order valence-electron chi connectivity index (χ0n) is 18.7. The van der Waals surface area contributed by atoms with Gasteiger partial charge in [-0.05, 0) is 86.8 Å². The SMILES string of the molecule is CNC(=S)N/N=C(C)/C(C)=N/NC(=S)Nc1ccc(N=Nc2ccc(N(C)C)cc2)cc1. The maximum atomic E-state index is 5.28. The van der Waals surface area contributed by atoms with E-state index in [0.717, 1.165) is 22.7 Å². The minimum Gasteiger partial charge on any atom is -0.378 e. The van der Waals surface area contributed by atoms with Gasteiger partial charge in [-0.3, -0.25) is 10.9 Å². The van der Waals surface area contributed by atoms with Crippen LogP contribution in [-0.4, -0.2) is 42.8 Å². The number of rotatable bonds is 7. The molecule has 4 N–H and O–H groups in total. The van der Waals surface area contributed by atoms with Gasteiger partial charge in [0.2, 0.25) is 0 Å². The number of azo groups is 1. The number of thiocarbonyl (C=S) groups is 2. The third-order valence-electron chi connectivity index (χ3n) is 4.17. The van der Waals surface area contributed by atoms with Crippen LogP contribution in [0.3, 0.4) is 0 Å². The molecule has 9 nitrogen and oxygen atoms in total. The molecule has 2 aromatic carbocycles. The van der Waals surface area contributed by atoms with Crippen LogP contribution in [0.15, 0.2) is 69.0 Å². The highest BCUT2D eigenvalue weighted by Gasteiger charge is 2.01. The van der Waals surface area contributed by atoms with Crippen LogP contribution in [0.25, 0.3) is 0 Å². The fourth-order valence-electron chi connectivity index (χ4n) is 2.19. The maximum Gasteiger partial charge on any atom is 0.191 e. The molecule has 0 bridgehead atoms. The average Bonchev–Trinajstić information content (AvgIpc) is 2.80. The average molecular weight is 470 g/mol. The molecule has 2 aromatic rings. The predicted molar refractivity (Wildman–Crippen MR) is 142 cm³/mol. The third-order valence-corrected chi connectivity index (χ3v) is 4.66. The number of nitrogens with one attached hydrogen (secondary N) is 4. The lowest BCUT2D eigenvalue weighted by Gasteiger charge is -2.11. The van der Waals surface area contributed by atoms with Crippen LogP contribution in [0.5, 0.6) is 0 Å². The first-order chi connectivity index (χ1) is 15.3. The lowest BCUT2D eigenvalue weighted by Crippen LogP contribution is -2.30. The van der Waals surface area contributed by atoms with Crippen LogP contribution in [0.1, 0.15) is 13.8 Å². The number of hydrogen-bond acceptors (Lipinski definition) is 7. The van der Waals surface area contributed by atoms with Crippen molar-refractivity contribution in [2.24, 2.45) is 20.4 Å². The molecule has 0 heterocycles. The van der Waals surface area contributed by atoms with E-state index in [1.807, 2.05) is 81.4 Å². The van der Waals surface area contributed by atoms with Crippen molar-refractivity contribution in [2.45, 2.75) is 13.8 Å². The van der Waals surface area contributed by atoms with Gasteiger partial charge in [0.1, 0.15) is 0 Å². The summed E-state index contributed by atoms with van der Waals surface area (Å²) in [4.78, 5) is 2.03. The molecule has 0 fully saturated rings. The van der Waals surface area contributed by atoms with Crippen molar-refractivity contribution in [1.82, 2.24) is 16.2 Å². The second kappa shape index (κ2) is 12.4. The summed E-state index contributed by atoms with van der Waals surface area (Å²) in [6.07, 6.45) is 0. The Hall–Kier alpha value is -3.44. The van der Waals surface area contributed by atoms with Crippen molar-refractivity contribution < 1.29 is 0 Å². The lowest BCUT2D eigenvalue weighted by atomic mass is 10.3. The molecule has 0 saturated carbocycles. The third kappa shape index (κ3) is 8.36. The standard InChI is InChI=1S/C21H27N9S2/c1-14(24-28-20(31)22-3)15(2)25-29-21(32)23-16-6-8-17(9-7-16)26-27-18-10-12-19(13-11-18)30(4)5/h6-13H,1-5H3,(H2,22,28,31)(H2,23,29,32)/b24-14+,25-15+,27-26?. The van der Waals surface area contributed by atoms with Gasteiger partial charge < -0.3 is 15.5 Å². The molecular weight excluding hydrogens is 442 g/mol. The summed E-state index contributed by atoms with van der Waals surface area (Å²) in [5.74, 6) is 0. The molecule has 2 rings (SSSR count). The lowest BCUT2D eigenvalue weighted by molar-refractivity contribution is 0.974. The highest BCUT2D eigenvalue weighted by Crippen LogP contribution is 2.22. The van der Waals surface area contributed by atoms with E-state index in [1.165, 1.54) is 0 Å². The number of hydrogen-bond donors (Lipinski definition) is 4. The van der Waals surface area contributed by atoms with E-state index in [1.54, 1.807) is 7.05 Å². The molecule has 0 atom stereocenters. The topological polar surface area (TPSA) is 101 Å². The zero-order chi connectivity index (χ0) is 23.5. The van der Waals surface area contributed by atoms with Crippen molar-refractivity contribution in [3.8, 4) is 0 Å². The summed E-state index contributed by atoms with van der Waals surface area (Å²) in [6.45, 7) is 3.62. The monoisotopic (exact) mass is 469 g/mol. The summed E-state index contributed by atoms with van der Waals surface area (Å²) < 4.78 is 0. The van der Waals surface area contributed by atoms with E-state index in [9.17, 15) is 0 Å². The molecule has 0 radical (unpaired) electrons. The summed E-state index contributed by atoms with van der Waals surface area (Å²) in [5, 5.41) is 23.5. The normalized spacial score (nSPS) is 11.8. The molecule has 32 heavy (non-hydrogen) atoms. The Morgan fingerprint density at radius 2 is 1.22 bits per heavy atom. The van der Waals surface area contributed by atoms with Crippen LogP contribution < -0.4 is 26.4 Å². The Bertz CT molecular complexity index is 1010. The van der Waals surface area contributed by atoms with E-state index in [-0.39, 0.29) is 0 Å². The van der Waals surface area contributed by atoms with Gasteiger partial charge in [-0.25, -0.2) is 0 Å². The van der Waals surface area contributed by atoms with Crippen LogP contribution in [0.2, 0.25) is 0 Å². The fourth-order valence-corrected chi connectivity index (χ4v) is 2.40. The van der Waals surface area contributed by atoms with E-state index in [0.29, 0.717) is 21.6 Å². The van der Waals surface area contributed by atoms with Gasteiger partial charge in [-0.1, -0.05) is 0 Å². The van der Waals surface area contributed by atoms with E-state index in [2.05, 4.69) is 41.9 Å². The first-order valence-electron chi connectivity index (χ1n) is 9.71. The predicted octanol–water partition coefficient (Wildman–Crippen LogP) is 4.30. The molecular formula is C21H27N9S2. The van der Waals surface area contributed by atoms with Gasteiger partial charge in [0.15, 0.2) is 10.2 Å². The second-order valence-corrected chi connectivity index (χ2v) is 7.63. The highest BCUT2D eigenvalue weighted by atomic mass is 32.1. The largest absolute Gasteiger partial charge is 0.378 e. The molecule has 0 aliphatic rings. The van der Waals surface area contributed by atoms with Crippen LogP contribution in [0, 0.1) is 0 Å². The van der Waals surface area contributed by atoms with Gasteiger partial charge >= 0.3 is 0 Å². The molecule has 0 aromatic heterocycles. The number of nitrogens with zero attached hydrogens (tertiary/aromatic N) is 5. The van der Waals surface area contributed by atoms with Crippen LogP contribution >= 0.6 is 24.4 Å². The molecule has 168 valence electrons. The molecule has 0 unspecified atom stereocenters. The minimum absolute atomic E-state index is 0.353. The molecule has 0 saturated heterocycles. The van der Waals surface area contributed by atoms with E-state index < -0.39 is 0 Å². The molecule has 0 aliphatic heterocycles. The van der Waals surface area contributed by atoms with Gasteiger partial charge in [-0.15, -0.1) is 0 Å².